The van der Waals surface area contributed by atoms with Gasteiger partial charge in [-0.3, -0.25) is 9.59 Å². The van der Waals surface area contributed by atoms with Gasteiger partial charge in [-0.2, -0.15) is 4.98 Å². The third kappa shape index (κ3) is 2.49. The van der Waals surface area contributed by atoms with E-state index in [-0.39, 0.29) is 11.8 Å². The van der Waals surface area contributed by atoms with Crippen LogP contribution in [0.3, 0.4) is 0 Å². The Balaban J connectivity index is 2.30. The highest BCUT2D eigenvalue weighted by Gasteiger charge is 2.45. The molecule has 0 aliphatic carbocycles. The minimum Gasteiger partial charge on any atom is -0.342 e. The van der Waals surface area contributed by atoms with Crippen LogP contribution in [0.1, 0.15) is 25.1 Å². The molecule has 1 unspecified atom stereocenters. The van der Waals surface area contributed by atoms with E-state index < -0.39 is 5.54 Å². The highest BCUT2D eigenvalue weighted by Crippen LogP contribution is 2.30. The average Bonchev–Trinajstić information content (AvgIpc) is 2.95. The summed E-state index contributed by atoms with van der Waals surface area (Å²) in [5.74, 6) is 0.454. The lowest BCUT2D eigenvalue weighted by Crippen LogP contribution is -2.48. The molecule has 7 heteroatoms. The number of likely N-dealkylation sites (tertiary alicyclic amines) is 1. The number of nitrogens with one attached hydrogen (secondary N) is 1. The summed E-state index contributed by atoms with van der Waals surface area (Å²) in [5, 5.41) is 6.72. The first-order valence-electron chi connectivity index (χ1n) is 5.98. The molecule has 1 aromatic rings. The van der Waals surface area contributed by atoms with Crippen molar-refractivity contribution in [3.8, 4) is 0 Å². The summed E-state index contributed by atoms with van der Waals surface area (Å²) in [4.78, 5) is 28.9. The molecule has 2 amide bonds. The van der Waals surface area contributed by atoms with E-state index in [4.69, 9.17) is 4.52 Å². The van der Waals surface area contributed by atoms with Crippen LogP contribution in [0.15, 0.2) is 17.2 Å². The molecule has 0 radical (unpaired) electrons. The molecule has 0 saturated carbocycles. The molecular weight excluding hydrogens is 248 g/mol. The predicted octanol–water partition coefficient (Wildman–Crippen LogP) is 0.128. The first kappa shape index (κ1) is 13.3. The van der Waals surface area contributed by atoms with Crippen LogP contribution >= 0.6 is 0 Å². The molecule has 7 nitrogen and oxygen atoms in total. The number of carbonyl (C=O) groups excluding carboxylic acids is 2. The van der Waals surface area contributed by atoms with Gasteiger partial charge in [-0.15, -0.1) is 0 Å². The molecule has 1 aliphatic heterocycles. The molecule has 1 N–H and O–H groups in total. The molecule has 102 valence electrons. The van der Waals surface area contributed by atoms with Crippen LogP contribution in [-0.2, 0) is 15.1 Å². The Hall–Kier alpha value is -2.18. The second-order valence-corrected chi connectivity index (χ2v) is 4.61. The largest absolute Gasteiger partial charge is 0.342 e. The number of nitrogens with zero attached hydrogens (tertiary/aromatic N) is 3. The maximum absolute atomic E-state index is 11.7. The minimum absolute atomic E-state index is 0.174. The van der Waals surface area contributed by atoms with Gasteiger partial charge in [0.2, 0.25) is 17.7 Å². The van der Waals surface area contributed by atoms with Crippen LogP contribution in [0.5, 0.6) is 0 Å². The maximum atomic E-state index is 11.7. The lowest BCUT2D eigenvalue weighted by atomic mass is 9.97. The standard InChI is InChI=1S/C12H16N4O3/c1-4-10(18)16-6-5-12(7-16,14-8(2)17)11-13-9(3)19-15-11/h4H,1,5-7H2,2-3H3,(H,14,17). The van der Waals surface area contributed by atoms with Crippen molar-refractivity contribution in [1.82, 2.24) is 20.4 Å². The predicted molar refractivity (Wildman–Crippen MR) is 65.9 cm³/mol. The number of aryl methyl sites for hydroxylation is 1. The highest BCUT2D eigenvalue weighted by molar-refractivity contribution is 5.87. The van der Waals surface area contributed by atoms with E-state index in [9.17, 15) is 9.59 Å². The summed E-state index contributed by atoms with van der Waals surface area (Å²) >= 11 is 0. The van der Waals surface area contributed by atoms with Crippen LogP contribution in [0.2, 0.25) is 0 Å². The van der Waals surface area contributed by atoms with Gasteiger partial charge >= 0.3 is 0 Å². The van der Waals surface area contributed by atoms with E-state index >= 15 is 0 Å². The Morgan fingerprint density at radius 2 is 2.32 bits per heavy atom. The first-order chi connectivity index (χ1) is 8.97. The van der Waals surface area contributed by atoms with Gasteiger partial charge in [0.15, 0.2) is 5.82 Å². The van der Waals surface area contributed by atoms with Gasteiger partial charge in [-0.05, 0) is 12.5 Å². The fraction of sp³-hybridized carbons (Fsp3) is 0.500. The maximum Gasteiger partial charge on any atom is 0.246 e. The van der Waals surface area contributed by atoms with Gasteiger partial charge in [0.1, 0.15) is 5.54 Å². The Morgan fingerprint density at radius 3 is 2.84 bits per heavy atom. The number of rotatable bonds is 3. The van der Waals surface area contributed by atoms with Crippen molar-refractivity contribution in [3.05, 3.63) is 24.4 Å². The number of aromatic nitrogens is 2. The van der Waals surface area contributed by atoms with Crippen molar-refractivity contribution < 1.29 is 14.1 Å². The fourth-order valence-electron chi connectivity index (χ4n) is 2.30. The lowest BCUT2D eigenvalue weighted by Gasteiger charge is -2.26. The minimum atomic E-state index is -0.776. The van der Waals surface area contributed by atoms with E-state index in [1.807, 2.05) is 0 Å². The average molecular weight is 264 g/mol. The topological polar surface area (TPSA) is 88.3 Å². The Bertz CT molecular complexity index is 525. The third-order valence-corrected chi connectivity index (χ3v) is 3.13. The molecule has 0 spiro atoms. The number of hydrogen-bond donors (Lipinski definition) is 1. The van der Waals surface area contributed by atoms with Crippen LogP contribution in [0.4, 0.5) is 0 Å². The van der Waals surface area contributed by atoms with Gasteiger partial charge < -0.3 is 14.7 Å². The number of hydrogen-bond acceptors (Lipinski definition) is 5. The number of amides is 2. The molecule has 1 aromatic heterocycles. The molecule has 2 heterocycles. The summed E-state index contributed by atoms with van der Waals surface area (Å²) < 4.78 is 4.97. The van der Waals surface area contributed by atoms with Crippen LogP contribution < -0.4 is 5.32 Å². The lowest BCUT2D eigenvalue weighted by molar-refractivity contribution is -0.126. The van der Waals surface area contributed by atoms with Crippen LogP contribution in [0.25, 0.3) is 0 Å². The Morgan fingerprint density at radius 1 is 1.58 bits per heavy atom. The van der Waals surface area contributed by atoms with Crippen molar-refractivity contribution in [1.29, 1.82) is 0 Å². The zero-order valence-electron chi connectivity index (χ0n) is 11.0. The zero-order chi connectivity index (χ0) is 14.0. The summed E-state index contributed by atoms with van der Waals surface area (Å²) in [5.41, 5.74) is -0.776. The SMILES string of the molecule is C=CC(=O)N1CCC(NC(C)=O)(c2noc(C)n2)C1. The van der Waals surface area contributed by atoms with Crippen molar-refractivity contribution in [3.63, 3.8) is 0 Å². The quantitative estimate of drug-likeness (QED) is 0.784. The van der Waals surface area contributed by atoms with Crippen molar-refractivity contribution >= 4 is 11.8 Å². The van der Waals surface area contributed by atoms with Gasteiger partial charge in [-0.25, -0.2) is 0 Å². The van der Waals surface area contributed by atoms with Gasteiger partial charge in [0.05, 0.1) is 6.54 Å². The molecular formula is C12H16N4O3. The number of carbonyl (C=O) groups is 2. The Labute approximate surface area is 110 Å². The molecule has 2 rings (SSSR count). The third-order valence-electron chi connectivity index (χ3n) is 3.13. The molecule has 19 heavy (non-hydrogen) atoms. The van der Waals surface area contributed by atoms with Gasteiger partial charge in [-0.1, -0.05) is 11.7 Å². The van der Waals surface area contributed by atoms with E-state index in [0.717, 1.165) is 0 Å². The molecule has 1 fully saturated rings. The fourth-order valence-corrected chi connectivity index (χ4v) is 2.30. The summed E-state index contributed by atoms with van der Waals surface area (Å²) in [7, 11) is 0. The molecule has 1 saturated heterocycles. The normalized spacial score (nSPS) is 22.3. The molecule has 0 aromatic carbocycles. The van der Waals surface area contributed by atoms with E-state index in [0.29, 0.717) is 31.2 Å². The van der Waals surface area contributed by atoms with Crippen LogP contribution in [-0.4, -0.2) is 39.9 Å². The summed E-state index contributed by atoms with van der Waals surface area (Å²) in [6.45, 7) is 7.39. The molecule has 0 bridgehead atoms. The van der Waals surface area contributed by atoms with Gasteiger partial charge in [0, 0.05) is 20.4 Å². The monoisotopic (exact) mass is 264 g/mol. The van der Waals surface area contributed by atoms with E-state index in [1.54, 1.807) is 11.8 Å². The zero-order valence-corrected chi connectivity index (χ0v) is 11.0. The second kappa shape index (κ2) is 4.83. The van der Waals surface area contributed by atoms with Gasteiger partial charge in [0.25, 0.3) is 0 Å². The smallest absolute Gasteiger partial charge is 0.246 e. The molecule has 1 atom stereocenters. The van der Waals surface area contributed by atoms with Crippen molar-refractivity contribution in [2.24, 2.45) is 0 Å². The first-order valence-corrected chi connectivity index (χ1v) is 5.98. The Kier molecular flexibility index (Phi) is 3.37. The van der Waals surface area contributed by atoms with Crippen LogP contribution in [0, 0.1) is 6.92 Å². The summed E-state index contributed by atoms with van der Waals surface area (Å²) in [6, 6.07) is 0. The molecule has 1 aliphatic rings. The van der Waals surface area contributed by atoms with E-state index in [1.165, 1.54) is 13.0 Å². The van der Waals surface area contributed by atoms with Crippen molar-refractivity contribution in [2.75, 3.05) is 13.1 Å². The van der Waals surface area contributed by atoms with Crippen molar-refractivity contribution in [2.45, 2.75) is 25.8 Å². The highest BCUT2D eigenvalue weighted by atomic mass is 16.5. The summed E-state index contributed by atoms with van der Waals surface area (Å²) in [6.07, 6.45) is 1.80. The van der Waals surface area contributed by atoms with E-state index in [2.05, 4.69) is 22.0 Å². The second-order valence-electron chi connectivity index (χ2n) is 4.61.